The van der Waals surface area contributed by atoms with E-state index in [0.29, 0.717) is 32.5 Å². The number of aliphatic imine (C=N–C) groups is 1. The molecule has 1 aliphatic heterocycles. The predicted molar refractivity (Wildman–Crippen MR) is 175 cm³/mol. The van der Waals surface area contributed by atoms with Crippen LogP contribution in [0.3, 0.4) is 0 Å². The average Bonchev–Trinajstić information content (AvgIpc) is 3.38. The number of nitrogens with two attached hydrogens (primary N) is 1. The lowest BCUT2D eigenvalue weighted by molar-refractivity contribution is -0.164. The summed E-state index contributed by atoms with van der Waals surface area (Å²) in [5, 5.41) is 12.4. The highest BCUT2D eigenvalue weighted by Gasteiger charge is 2.64. The molecule has 4 aromatic rings. The molecular formula is C33H33ClF5N9O3. The number of amides is 2. The van der Waals surface area contributed by atoms with Crippen molar-refractivity contribution in [1.82, 2.24) is 35.2 Å². The number of carbonyl (C=O) groups excluding carboxylic acids is 2. The number of alkyl halides is 5. The minimum absolute atomic E-state index is 0.158. The van der Waals surface area contributed by atoms with Gasteiger partial charge in [0.15, 0.2) is 17.3 Å². The van der Waals surface area contributed by atoms with Crippen molar-refractivity contribution in [3.63, 3.8) is 0 Å². The molecule has 1 aliphatic carbocycles. The molecule has 0 saturated heterocycles. The Morgan fingerprint density at radius 3 is 2.39 bits per heavy atom. The first-order valence-electron chi connectivity index (χ1n) is 15.7. The van der Waals surface area contributed by atoms with Crippen molar-refractivity contribution in [2.45, 2.75) is 69.9 Å². The van der Waals surface area contributed by atoms with Crippen LogP contribution in [0.25, 0.3) is 22.5 Å². The van der Waals surface area contributed by atoms with Crippen molar-refractivity contribution in [2.75, 3.05) is 6.61 Å². The number of H-pyrrole nitrogens is 1. The zero-order chi connectivity index (χ0) is 36.9. The van der Waals surface area contributed by atoms with Gasteiger partial charge in [-0.1, -0.05) is 62.7 Å². The molecule has 0 unspecified atom stereocenters. The summed E-state index contributed by atoms with van der Waals surface area (Å²) >= 11 is 6.47. The van der Waals surface area contributed by atoms with Gasteiger partial charge in [0, 0.05) is 17.3 Å². The number of alkyl carbamates (subject to hydrolysis) is 1. The fourth-order valence-electron chi connectivity index (χ4n) is 6.18. The fourth-order valence-corrected chi connectivity index (χ4v) is 6.39. The Bertz CT molecular complexity index is 1950. The predicted octanol–water partition coefficient (Wildman–Crippen LogP) is 6.73. The molecule has 1 fully saturated rings. The highest BCUT2D eigenvalue weighted by molar-refractivity contribution is 6.33. The molecule has 2 aromatic heterocycles. The number of nitrogens with one attached hydrogen (secondary N) is 2. The number of ether oxygens (including phenoxy) is 1. The number of aromatic nitrogens is 5. The molecule has 6 rings (SSSR count). The van der Waals surface area contributed by atoms with Crippen molar-refractivity contribution in [2.24, 2.45) is 16.1 Å². The van der Waals surface area contributed by atoms with E-state index in [2.05, 4.69) is 20.3 Å². The van der Waals surface area contributed by atoms with Crippen molar-refractivity contribution < 1.29 is 36.3 Å². The molecule has 0 spiro atoms. The van der Waals surface area contributed by atoms with Gasteiger partial charge in [0.05, 0.1) is 17.3 Å². The third kappa shape index (κ3) is 6.98. The van der Waals surface area contributed by atoms with E-state index in [9.17, 15) is 31.5 Å². The van der Waals surface area contributed by atoms with Crippen LogP contribution in [-0.4, -0.2) is 66.1 Å². The van der Waals surface area contributed by atoms with E-state index in [1.54, 1.807) is 36.4 Å². The number of hydrogen-bond acceptors (Lipinski definition) is 8. The van der Waals surface area contributed by atoms with Crippen molar-refractivity contribution in [3.05, 3.63) is 77.3 Å². The molecular weight excluding hydrogens is 701 g/mol. The largest absolute Gasteiger partial charge is 0.447 e. The first kappa shape index (κ1) is 35.8. The van der Waals surface area contributed by atoms with Crippen LogP contribution in [0.4, 0.5) is 26.7 Å². The van der Waals surface area contributed by atoms with Gasteiger partial charge >= 0.3 is 18.8 Å². The number of rotatable bonds is 10. The lowest BCUT2D eigenvalue weighted by Gasteiger charge is -2.35. The van der Waals surface area contributed by atoms with Crippen LogP contribution < -0.4 is 11.1 Å². The summed E-state index contributed by atoms with van der Waals surface area (Å²) in [6, 6.07) is 10.1. The maximum atomic E-state index is 14.8. The Morgan fingerprint density at radius 1 is 1.12 bits per heavy atom. The maximum Gasteiger partial charge on any atom is 0.411 e. The Morgan fingerprint density at radius 2 is 1.82 bits per heavy atom. The molecule has 51 heavy (non-hydrogen) atoms. The van der Waals surface area contributed by atoms with E-state index in [4.69, 9.17) is 27.1 Å². The van der Waals surface area contributed by atoms with E-state index in [1.807, 2.05) is 26.1 Å². The smallest absolute Gasteiger partial charge is 0.411 e. The maximum absolute atomic E-state index is 14.8. The molecule has 0 radical (unpaired) electrons. The van der Waals surface area contributed by atoms with Gasteiger partial charge in [-0.15, -0.1) is 0 Å². The average molecular weight is 734 g/mol. The quantitative estimate of drug-likeness (QED) is 0.153. The van der Waals surface area contributed by atoms with Crippen LogP contribution in [0.5, 0.6) is 0 Å². The summed E-state index contributed by atoms with van der Waals surface area (Å²) in [7, 11) is 0. The summed E-state index contributed by atoms with van der Waals surface area (Å²) in [6.07, 6.45) is -2.67. The zero-order valence-electron chi connectivity index (χ0n) is 27.5. The number of guanidine groups is 1. The van der Waals surface area contributed by atoms with E-state index in [0.717, 1.165) is 4.90 Å². The Balaban J connectivity index is 1.38. The number of benzene rings is 2. The Hall–Kier alpha value is -5.06. The lowest BCUT2D eigenvalue weighted by Crippen LogP contribution is -2.50. The molecule has 1 saturated carbocycles. The first-order chi connectivity index (χ1) is 23.9. The number of aromatic amines is 1. The number of nitrogens with zero attached hydrogens (tertiary/aromatic N) is 6. The third-order valence-electron chi connectivity index (χ3n) is 8.77. The zero-order valence-corrected chi connectivity index (χ0v) is 28.3. The molecule has 12 nitrogen and oxygen atoms in total. The Labute approximate surface area is 293 Å². The van der Waals surface area contributed by atoms with E-state index in [-0.39, 0.29) is 36.1 Å². The fraction of sp³-hybridized carbons (Fsp3) is 0.394. The van der Waals surface area contributed by atoms with Gasteiger partial charge in [0.2, 0.25) is 0 Å². The third-order valence-corrected chi connectivity index (χ3v) is 9.10. The molecule has 3 heterocycles. The summed E-state index contributed by atoms with van der Waals surface area (Å²) in [5.74, 6) is -0.534. The SMILES string of the molecule is CC(C)(C)C[C@]1(c2ccc(-c3cnn(C(F)F)c3)cc2)N=C(N)N([C@H](COC(=O)NC2(C(F)(F)F)CC2)c2ccc(Cl)c(-c3ncn[nH]3)c2)C1=O. The van der Waals surface area contributed by atoms with Crippen molar-refractivity contribution in [1.29, 1.82) is 0 Å². The molecule has 2 aromatic carbocycles. The summed E-state index contributed by atoms with van der Waals surface area (Å²) in [5.41, 5.74) is 4.21. The molecule has 2 aliphatic rings. The van der Waals surface area contributed by atoms with Crippen molar-refractivity contribution >= 4 is 29.6 Å². The molecule has 2 atom stereocenters. The van der Waals surface area contributed by atoms with Gasteiger partial charge in [0.25, 0.3) is 5.91 Å². The highest BCUT2D eigenvalue weighted by atomic mass is 35.5. The minimum Gasteiger partial charge on any atom is -0.447 e. The van der Waals surface area contributed by atoms with Crippen LogP contribution in [0.2, 0.25) is 5.02 Å². The minimum atomic E-state index is -4.68. The van der Waals surface area contributed by atoms with Gasteiger partial charge < -0.3 is 15.8 Å². The second-order valence-electron chi connectivity index (χ2n) is 13.7. The Kier molecular flexibility index (Phi) is 9.06. The summed E-state index contributed by atoms with van der Waals surface area (Å²) in [6.45, 7) is 2.29. The van der Waals surface area contributed by atoms with Crippen LogP contribution in [0.1, 0.15) is 63.8 Å². The van der Waals surface area contributed by atoms with Crippen molar-refractivity contribution in [3.8, 4) is 22.5 Å². The number of halogens is 6. The van der Waals surface area contributed by atoms with Crippen LogP contribution in [-0.2, 0) is 15.1 Å². The van der Waals surface area contributed by atoms with Gasteiger partial charge in [-0.05, 0) is 53.5 Å². The van der Waals surface area contributed by atoms with Gasteiger partial charge in [0.1, 0.15) is 18.5 Å². The second kappa shape index (κ2) is 12.9. The molecule has 2 amide bonds. The normalized spacial score (nSPS) is 19.3. The van der Waals surface area contributed by atoms with Gasteiger partial charge in [-0.3, -0.25) is 14.8 Å². The summed E-state index contributed by atoms with van der Waals surface area (Å²) < 4.78 is 73.0. The van der Waals surface area contributed by atoms with E-state index >= 15 is 0 Å². The number of carbonyl (C=O) groups is 2. The highest BCUT2D eigenvalue weighted by Crippen LogP contribution is 2.49. The monoisotopic (exact) mass is 733 g/mol. The van der Waals surface area contributed by atoms with E-state index < -0.39 is 53.9 Å². The van der Waals surface area contributed by atoms with Crippen LogP contribution in [0, 0.1) is 5.41 Å². The molecule has 0 bridgehead atoms. The number of hydrogen-bond donors (Lipinski definition) is 3. The van der Waals surface area contributed by atoms with Gasteiger partial charge in [-0.2, -0.15) is 32.1 Å². The molecule has 4 N–H and O–H groups in total. The van der Waals surface area contributed by atoms with Gasteiger partial charge in [-0.25, -0.2) is 19.5 Å². The lowest BCUT2D eigenvalue weighted by atomic mass is 9.75. The summed E-state index contributed by atoms with van der Waals surface area (Å²) in [4.78, 5) is 37.7. The molecule has 18 heteroatoms. The molecule has 270 valence electrons. The second-order valence-corrected chi connectivity index (χ2v) is 14.1. The van der Waals surface area contributed by atoms with E-state index in [1.165, 1.54) is 24.8 Å². The standard InChI is InChI=1S/C33H33ClF5N9O3/c1-30(2,3)16-32(21-7-4-18(5-8-21)20-13-43-47(14-20)27(35)36)26(49)48(28(40)44-32)24(15-51-29(50)45-31(10-11-31)33(37,38)39)19-6-9-23(34)22(12-19)25-41-17-42-46-25/h4-9,12-14,17,24,27H,10-11,15-16H2,1-3H3,(H2,40,44)(H,45,50)(H,41,42,46)/t24-,32-/m1/s1. The van der Waals surface area contributed by atoms with Crippen LogP contribution >= 0.6 is 11.6 Å². The van der Waals surface area contributed by atoms with Crippen LogP contribution in [0.15, 0.2) is 66.2 Å². The topological polar surface area (TPSA) is 156 Å². The first-order valence-corrected chi connectivity index (χ1v) is 16.1.